The van der Waals surface area contributed by atoms with Crippen LogP contribution in [0.4, 0.5) is 4.79 Å². The van der Waals surface area contributed by atoms with Gasteiger partial charge in [-0.05, 0) is 39.8 Å². The van der Waals surface area contributed by atoms with E-state index in [0.717, 1.165) is 5.56 Å². The molecule has 0 aliphatic rings. The molecule has 0 fully saturated rings. The Bertz CT molecular complexity index is 709. The molecule has 1 amide bonds. The summed E-state index contributed by atoms with van der Waals surface area (Å²) in [4.78, 5) is 12.3. The van der Waals surface area contributed by atoms with Crippen molar-refractivity contribution in [3.63, 3.8) is 0 Å². The number of carbonyl (C=O) groups is 1. The standard InChI is InChI=1S/C16H20BrNO4S/c1-13-7-9-14(10-8-13)23(20,21)18(12-6-5-11-17)15(19)22-16(2,3)4/h7-10H,11-12H2,1-4H3. The molecule has 0 spiro atoms. The Hall–Kier alpha value is -1.52. The molecule has 0 aliphatic heterocycles. The molecule has 0 aliphatic carbocycles. The SMILES string of the molecule is Cc1ccc(S(=O)(=O)N(CC#CCBr)C(=O)OC(C)(C)C)cc1. The molecule has 7 heteroatoms. The number of hydrogen-bond acceptors (Lipinski definition) is 4. The smallest absolute Gasteiger partial charge is 0.425 e. The fraction of sp³-hybridized carbons (Fsp3) is 0.438. The lowest BCUT2D eigenvalue weighted by molar-refractivity contribution is 0.0406. The fourth-order valence-electron chi connectivity index (χ4n) is 1.57. The van der Waals surface area contributed by atoms with Crippen molar-refractivity contribution in [3.05, 3.63) is 29.8 Å². The van der Waals surface area contributed by atoms with E-state index in [1.54, 1.807) is 32.9 Å². The van der Waals surface area contributed by atoms with Gasteiger partial charge in [0.25, 0.3) is 10.0 Å². The maximum absolute atomic E-state index is 12.7. The van der Waals surface area contributed by atoms with Gasteiger partial charge in [0, 0.05) is 0 Å². The first-order chi connectivity index (χ1) is 10.6. The minimum atomic E-state index is -4.03. The Kier molecular flexibility index (Phi) is 6.66. The van der Waals surface area contributed by atoms with E-state index in [-0.39, 0.29) is 11.4 Å². The molecule has 0 atom stereocenters. The second-order valence-electron chi connectivity index (χ2n) is 5.79. The number of amides is 1. The van der Waals surface area contributed by atoms with Crippen LogP contribution in [0.5, 0.6) is 0 Å². The van der Waals surface area contributed by atoms with Crippen LogP contribution in [0, 0.1) is 18.8 Å². The van der Waals surface area contributed by atoms with Crippen molar-refractivity contribution < 1.29 is 17.9 Å². The van der Waals surface area contributed by atoms with Crippen molar-refractivity contribution in [1.82, 2.24) is 4.31 Å². The van der Waals surface area contributed by atoms with Gasteiger partial charge >= 0.3 is 6.09 Å². The molecule has 0 aromatic heterocycles. The Morgan fingerprint density at radius 1 is 1.22 bits per heavy atom. The Labute approximate surface area is 146 Å². The third-order valence-corrected chi connectivity index (χ3v) is 4.63. The van der Waals surface area contributed by atoms with Crippen LogP contribution in [0.25, 0.3) is 0 Å². The van der Waals surface area contributed by atoms with Crippen LogP contribution in [0.15, 0.2) is 29.2 Å². The number of aryl methyl sites for hydroxylation is 1. The van der Waals surface area contributed by atoms with Crippen LogP contribution in [-0.4, -0.2) is 36.3 Å². The summed E-state index contributed by atoms with van der Waals surface area (Å²) in [6, 6.07) is 6.26. The fourth-order valence-corrected chi connectivity index (χ4v) is 2.97. The average molecular weight is 402 g/mol. The van der Waals surface area contributed by atoms with Crippen LogP contribution in [-0.2, 0) is 14.8 Å². The maximum Gasteiger partial charge on any atom is 0.425 e. The number of alkyl halides is 1. The average Bonchev–Trinajstić information content (AvgIpc) is 2.41. The van der Waals surface area contributed by atoms with E-state index < -0.39 is 21.7 Å². The molecule has 126 valence electrons. The van der Waals surface area contributed by atoms with E-state index in [0.29, 0.717) is 9.64 Å². The van der Waals surface area contributed by atoms with Gasteiger partial charge in [-0.15, -0.1) is 0 Å². The molecule has 1 aromatic rings. The molecule has 23 heavy (non-hydrogen) atoms. The van der Waals surface area contributed by atoms with Gasteiger partial charge < -0.3 is 4.74 Å². The Morgan fingerprint density at radius 3 is 2.26 bits per heavy atom. The van der Waals surface area contributed by atoms with Crippen LogP contribution < -0.4 is 0 Å². The molecule has 0 N–H and O–H groups in total. The van der Waals surface area contributed by atoms with E-state index in [2.05, 4.69) is 27.8 Å². The molecule has 5 nitrogen and oxygen atoms in total. The number of hydrogen-bond donors (Lipinski definition) is 0. The summed E-state index contributed by atoms with van der Waals surface area (Å²) >= 11 is 3.13. The van der Waals surface area contributed by atoms with Gasteiger partial charge in [-0.1, -0.05) is 45.5 Å². The molecule has 0 saturated carbocycles. The highest BCUT2D eigenvalue weighted by Crippen LogP contribution is 2.19. The highest BCUT2D eigenvalue weighted by Gasteiger charge is 2.32. The van der Waals surface area contributed by atoms with Crippen LogP contribution in [0.1, 0.15) is 26.3 Å². The lowest BCUT2D eigenvalue weighted by Gasteiger charge is -2.25. The predicted octanol–water partition coefficient (Wildman–Crippen LogP) is 3.32. The molecular formula is C16H20BrNO4S. The monoisotopic (exact) mass is 401 g/mol. The van der Waals surface area contributed by atoms with Crippen LogP contribution in [0.3, 0.4) is 0 Å². The van der Waals surface area contributed by atoms with Crippen LogP contribution in [0.2, 0.25) is 0 Å². The lowest BCUT2D eigenvalue weighted by atomic mass is 10.2. The van der Waals surface area contributed by atoms with Crippen molar-refractivity contribution >= 4 is 32.0 Å². The number of sulfonamides is 1. The Balaban J connectivity index is 3.21. The van der Waals surface area contributed by atoms with Gasteiger partial charge in [-0.3, -0.25) is 0 Å². The van der Waals surface area contributed by atoms with E-state index in [1.807, 2.05) is 6.92 Å². The van der Waals surface area contributed by atoms with Crippen molar-refractivity contribution in [2.24, 2.45) is 0 Å². The summed E-state index contributed by atoms with van der Waals surface area (Å²) in [6.45, 7) is 6.60. The summed E-state index contributed by atoms with van der Waals surface area (Å²) in [5, 5.41) is 0.389. The topological polar surface area (TPSA) is 63.7 Å². The highest BCUT2D eigenvalue weighted by atomic mass is 79.9. The minimum Gasteiger partial charge on any atom is -0.443 e. The molecule has 1 aromatic carbocycles. The first kappa shape index (κ1) is 19.5. The maximum atomic E-state index is 12.7. The number of halogens is 1. The van der Waals surface area contributed by atoms with Gasteiger partial charge in [-0.25, -0.2) is 13.2 Å². The van der Waals surface area contributed by atoms with Gasteiger partial charge in [0.15, 0.2) is 0 Å². The summed E-state index contributed by atoms with van der Waals surface area (Å²) in [5.74, 6) is 5.32. The molecule has 0 saturated heterocycles. The summed E-state index contributed by atoms with van der Waals surface area (Å²) in [6.07, 6.45) is -0.943. The van der Waals surface area contributed by atoms with Gasteiger partial charge in [0.05, 0.1) is 10.2 Å². The van der Waals surface area contributed by atoms with E-state index in [9.17, 15) is 13.2 Å². The highest BCUT2D eigenvalue weighted by molar-refractivity contribution is 9.09. The van der Waals surface area contributed by atoms with Crippen molar-refractivity contribution in [3.8, 4) is 11.8 Å². The zero-order valence-corrected chi connectivity index (χ0v) is 16.0. The minimum absolute atomic E-state index is 0.0228. The lowest BCUT2D eigenvalue weighted by Crippen LogP contribution is -2.41. The van der Waals surface area contributed by atoms with Crippen LogP contribution >= 0.6 is 15.9 Å². The quantitative estimate of drug-likeness (QED) is 0.575. The molecule has 1 rings (SSSR count). The van der Waals surface area contributed by atoms with Gasteiger partial charge in [0.2, 0.25) is 0 Å². The largest absolute Gasteiger partial charge is 0.443 e. The third-order valence-electron chi connectivity index (χ3n) is 2.62. The number of carbonyl (C=O) groups excluding carboxylic acids is 1. The zero-order valence-electron chi connectivity index (χ0n) is 13.6. The number of rotatable bonds is 3. The molecule has 0 unspecified atom stereocenters. The van der Waals surface area contributed by atoms with E-state index >= 15 is 0 Å². The second kappa shape index (κ2) is 7.84. The van der Waals surface area contributed by atoms with Crippen molar-refractivity contribution in [2.75, 3.05) is 11.9 Å². The summed E-state index contributed by atoms with van der Waals surface area (Å²) < 4.78 is 31.3. The predicted molar refractivity (Wildman–Crippen MR) is 92.9 cm³/mol. The van der Waals surface area contributed by atoms with E-state index in [4.69, 9.17) is 4.74 Å². The van der Waals surface area contributed by atoms with Gasteiger partial charge in [-0.2, -0.15) is 4.31 Å². The second-order valence-corrected chi connectivity index (χ2v) is 8.22. The zero-order chi connectivity index (χ0) is 17.7. The number of nitrogens with zero attached hydrogens (tertiary/aromatic N) is 1. The number of benzene rings is 1. The first-order valence-corrected chi connectivity index (χ1v) is 9.48. The van der Waals surface area contributed by atoms with Crippen molar-refractivity contribution in [2.45, 2.75) is 38.2 Å². The van der Waals surface area contributed by atoms with Crippen molar-refractivity contribution in [1.29, 1.82) is 0 Å². The molecule has 0 bridgehead atoms. The number of ether oxygens (including phenoxy) is 1. The van der Waals surface area contributed by atoms with E-state index in [1.165, 1.54) is 12.1 Å². The normalized spacial score (nSPS) is 11.3. The van der Waals surface area contributed by atoms with Gasteiger partial charge in [0.1, 0.15) is 12.1 Å². The molecular weight excluding hydrogens is 382 g/mol. The molecule has 0 heterocycles. The first-order valence-electron chi connectivity index (χ1n) is 6.92. The summed E-state index contributed by atoms with van der Waals surface area (Å²) in [7, 11) is -4.03. The third kappa shape index (κ3) is 5.88. The molecule has 0 radical (unpaired) electrons. The Morgan fingerprint density at radius 2 is 1.78 bits per heavy atom. The summed E-state index contributed by atoms with van der Waals surface area (Å²) in [5.41, 5.74) is 0.118.